The molecule has 0 radical (unpaired) electrons. The summed E-state index contributed by atoms with van der Waals surface area (Å²) in [5, 5.41) is 2.80. The summed E-state index contributed by atoms with van der Waals surface area (Å²) in [4.78, 5) is 23.6. The molecule has 0 bridgehead atoms. The minimum Gasteiger partial charge on any atom is -0.427 e. The predicted octanol–water partition coefficient (Wildman–Crippen LogP) is 1.61. The van der Waals surface area contributed by atoms with Crippen molar-refractivity contribution in [1.29, 1.82) is 0 Å². The van der Waals surface area contributed by atoms with Crippen LogP contribution < -0.4 is 10.1 Å². The Labute approximate surface area is 175 Å². The molecular formula is C21H24N2O6S. The molecule has 1 N–H and O–H groups in total. The van der Waals surface area contributed by atoms with Crippen molar-refractivity contribution in [2.45, 2.75) is 18.2 Å². The molecule has 0 spiro atoms. The number of nitrogens with one attached hydrogen (secondary N) is 1. The largest absolute Gasteiger partial charge is 0.427 e. The van der Waals surface area contributed by atoms with E-state index >= 15 is 0 Å². The highest BCUT2D eigenvalue weighted by Crippen LogP contribution is 2.18. The van der Waals surface area contributed by atoms with Gasteiger partial charge in [-0.05, 0) is 42.3 Å². The Kier molecular flexibility index (Phi) is 7.20. The van der Waals surface area contributed by atoms with E-state index in [1.807, 2.05) is 0 Å². The maximum absolute atomic E-state index is 12.6. The van der Waals surface area contributed by atoms with Gasteiger partial charge in [0.05, 0.1) is 18.1 Å². The number of hydrogen-bond donors (Lipinski definition) is 1. The second-order valence-corrected chi connectivity index (χ2v) is 8.73. The van der Waals surface area contributed by atoms with Crippen molar-refractivity contribution in [1.82, 2.24) is 9.62 Å². The van der Waals surface area contributed by atoms with Gasteiger partial charge in [0.1, 0.15) is 5.75 Å². The molecule has 1 aliphatic heterocycles. The molecule has 1 heterocycles. The number of benzene rings is 2. The van der Waals surface area contributed by atoms with Crippen LogP contribution in [-0.4, -0.2) is 57.4 Å². The Balaban J connectivity index is 1.54. The van der Waals surface area contributed by atoms with Gasteiger partial charge in [0.25, 0.3) is 5.91 Å². The van der Waals surface area contributed by atoms with E-state index in [2.05, 4.69) is 5.32 Å². The van der Waals surface area contributed by atoms with Gasteiger partial charge in [-0.3, -0.25) is 9.59 Å². The van der Waals surface area contributed by atoms with Gasteiger partial charge in [0, 0.05) is 32.1 Å². The van der Waals surface area contributed by atoms with Crippen LogP contribution in [0.25, 0.3) is 0 Å². The predicted molar refractivity (Wildman–Crippen MR) is 110 cm³/mol. The molecule has 2 aromatic rings. The van der Waals surface area contributed by atoms with Gasteiger partial charge < -0.3 is 14.8 Å². The number of rotatable bonds is 7. The van der Waals surface area contributed by atoms with Crippen LogP contribution in [-0.2, 0) is 26.0 Å². The van der Waals surface area contributed by atoms with Crippen molar-refractivity contribution >= 4 is 21.9 Å². The maximum atomic E-state index is 12.6. The third-order valence-electron chi connectivity index (χ3n) is 4.59. The first-order valence-electron chi connectivity index (χ1n) is 9.60. The molecule has 1 fully saturated rings. The van der Waals surface area contributed by atoms with Crippen LogP contribution >= 0.6 is 0 Å². The number of carbonyl (C=O) groups is 2. The van der Waals surface area contributed by atoms with E-state index in [1.165, 1.54) is 17.3 Å². The number of amides is 1. The molecule has 1 saturated heterocycles. The number of nitrogens with zero attached hydrogens (tertiary/aromatic N) is 1. The van der Waals surface area contributed by atoms with Gasteiger partial charge >= 0.3 is 5.97 Å². The number of sulfonamides is 1. The van der Waals surface area contributed by atoms with E-state index in [-0.39, 0.29) is 10.8 Å². The smallest absolute Gasteiger partial charge is 0.308 e. The second-order valence-electron chi connectivity index (χ2n) is 6.79. The zero-order valence-electron chi connectivity index (χ0n) is 16.7. The summed E-state index contributed by atoms with van der Waals surface area (Å²) in [5.74, 6) is -0.422. The van der Waals surface area contributed by atoms with Gasteiger partial charge in [-0.15, -0.1) is 0 Å². The van der Waals surface area contributed by atoms with E-state index in [1.54, 1.807) is 42.5 Å². The van der Waals surface area contributed by atoms with Crippen LogP contribution in [0.5, 0.6) is 5.75 Å². The van der Waals surface area contributed by atoms with Crippen LogP contribution in [0.15, 0.2) is 53.4 Å². The van der Waals surface area contributed by atoms with Crippen LogP contribution in [0.1, 0.15) is 22.8 Å². The second kappa shape index (κ2) is 9.84. The fourth-order valence-electron chi connectivity index (χ4n) is 3.05. The molecule has 0 saturated carbocycles. The van der Waals surface area contributed by atoms with Crippen LogP contribution in [0, 0.1) is 0 Å². The zero-order valence-corrected chi connectivity index (χ0v) is 17.5. The molecule has 1 amide bonds. The Bertz CT molecular complexity index is 998. The summed E-state index contributed by atoms with van der Waals surface area (Å²) in [7, 11) is -3.51. The first-order chi connectivity index (χ1) is 14.4. The Morgan fingerprint density at radius 2 is 1.80 bits per heavy atom. The van der Waals surface area contributed by atoms with E-state index in [9.17, 15) is 18.0 Å². The molecule has 9 heteroatoms. The molecule has 3 rings (SSSR count). The molecule has 1 aliphatic rings. The van der Waals surface area contributed by atoms with E-state index in [0.717, 1.165) is 5.56 Å². The van der Waals surface area contributed by atoms with Crippen LogP contribution in [0.3, 0.4) is 0 Å². The van der Waals surface area contributed by atoms with Crippen molar-refractivity contribution in [3.8, 4) is 5.75 Å². The number of esters is 1. The maximum Gasteiger partial charge on any atom is 0.308 e. The third kappa shape index (κ3) is 5.65. The average Bonchev–Trinajstić information content (AvgIpc) is 2.74. The molecule has 0 atom stereocenters. The van der Waals surface area contributed by atoms with Gasteiger partial charge in [-0.2, -0.15) is 4.31 Å². The highest BCUT2D eigenvalue weighted by atomic mass is 32.2. The molecule has 30 heavy (non-hydrogen) atoms. The van der Waals surface area contributed by atoms with Crippen molar-refractivity contribution in [3.05, 3.63) is 59.7 Å². The highest BCUT2D eigenvalue weighted by molar-refractivity contribution is 7.89. The number of hydrogen-bond acceptors (Lipinski definition) is 6. The number of carbonyl (C=O) groups excluding carboxylic acids is 2. The van der Waals surface area contributed by atoms with E-state index in [0.29, 0.717) is 50.6 Å². The van der Waals surface area contributed by atoms with Crippen molar-refractivity contribution < 1.29 is 27.5 Å². The van der Waals surface area contributed by atoms with Crippen LogP contribution in [0.4, 0.5) is 0 Å². The quantitative estimate of drug-likeness (QED) is 0.527. The van der Waals surface area contributed by atoms with Gasteiger partial charge in [0.2, 0.25) is 10.0 Å². The minimum atomic E-state index is -3.51. The SMILES string of the molecule is CC(=O)Oc1cccc(C(=O)NCCc2ccc(S(=O)(=O)N3CCOCC3)cc2)c1. The van der Waals surface area contributed by atoms with Gasteiger partial charge in [0.15, 0.2) is 0 Å². The lowest BCUT2D eigenvalue weighted by Gasteiger charge is -2.26. The number of ether oxygens (including phenoxy) is 2. The summed E-state index contributed by atoms with van der Waals surface area (Å²) in [6, 6.07) is 13.1. The molecule has 0 aliphatic carbocycles. The van der Waals surface area contributed by atoms with Gasteiger partial charge in [-0.1, -0.05) is 18.2 Å². The Hall–Kier alpha value is -2.75. The molecular weight excluding hydrogens is 408 g/mol. The Morgan fingerprint density at radius 1 is 1.10 bits per heavy atom. The first-order valence-corrected chi connectivity index (χ1v) is 11.0. The fourth-order valence-corrected chi connectivity index (χ4v) is 4.46. The minimum absolute atomic E-state index is 0.250. The molecule has 160 valence electrons. The fraction of sp³-hybridized carbons (Fsp3) is 0.333. The highest BCUT2D eigenvalue weighted by Gasteiger charge is 2.26. The van der Waals surface area contributed by atoms with Crippen molar-refractivity contribution in [3.63, 3.8) is 0 Å². The molecule has 2 aromatic carbocycles. The summed E-state index contributed by atoms with van der Waals surface area (Å²) >= 11 is 0. The normalized spacial score (nSPS) is 14.8. The third-order valence-corrected chi connectivity index (χ3v) is 6.50. The van der Waals surface area contributed by atoms with Crippen molar-refractivity contribution in [2.75, 3.05) is 32.8 Å². The summed E-state index contributed by atoms with van der Waals surface area (Å²) < 4.78 is 36.9. The first kappa shape index (κ1) is 21.9. The lowest BCUT2D eigenvalue weighted by atomic mass is 10.1. The standard InChI is InChI=1S/C21H24N2O6S/c1-16(24)29-19-4-2-3-18(15-19)21(25)22-10-9-17-5-7-20(8-6-17)30(26,27)23-11-13-28-14-12-23/h2-8,15H,9-14H2,1H3,(H,22,25). The monoisotopic (exact) mass is 432 g/mol. The number of morpholine rings is 1. The summed E-state index contributed by atoms with van der Waals surface area (Å²) in [6.45, 7) is 3.20. The Morgan fingerprint density at radius 3 is 2.47 bits per heavy atom. The average molecular weight is 432 g/mol. The van der Waals surface area contributed by atoms with E-state index in [4.69, 9.17) is 9.47 Å². The molecule has 0 aromatic heterocycles. The van der Waals surface area contributed by atoms with E-state index < -0.39 is 16.0 Å². The summed E-state index contributed by atoms with van der Waals surface area (Å²) in [5.41, 5.74) is 1.30. The van der Waals surface area contributed by atoms with Crippen molar-refractivity contribution in [2.24, 2.45) is 0 Å². The topological polar surface area (TPSA) is 102 Å². The van der Waals surface area contributed by atoms with Gasteiger partial charge in [-0.25, -0.2) is 8.42 Å². The lowest BCUT2D eigenvalue weighted by molar-refractivity contribution is -0.131. The van der Waals surface area contributed by atoms with Crippen LogP contribution in [0.2, 0.25) is 0 Å². The summed E-state index contributed by atoms with van der Waals surface area (Å²) in [6.07, 6.45) is 0.549. The molecule has 0 unspecified atom stereocenters. The zero-order chi connectivity index (χ0) is 21.6. The lowest BCUT2D eigenvalue weighted by Crippen LogP contribution is -2.40. The molecule has 8 nitrogen and oxygen atoms in total.